The Hall–Kier alpha value is -2.08. The molecular weight excluding hydrogens is 399 g/mol. The molecule has 0 saturated heterocycles. The van der Waals surface area contributed by atoms with Crippen LogP contribution in [-0.4, -0.2) is 31.1 Å². The zero-order valence-corrected chi connectivity index (χ0v) is 16.8. The molecule has 2 aromatic carbocycles. The molecule has 3 heterocycles. The number of aromatic nitrogens is 1. The average molecular weight is 419 g/mol. The molecule has 0 atom stereocenters. The number of rotatable bonds is 4. The third-order valence-electron chi connectivity index (χ3n) is 5.35. The Balaban J connectivity index is 1.43. The van der Waals surface area contributed by atoms with Crippen molar-refractivity contribution in [3.8, 4) is 17.2 Å². The summed E-state index contributed by atoms with van der Waals surface area (Å²) >= 11 is 12.6. The SMILES string of the molecule is Clc1cc2c3c(n(CCOc4ccc5c(c4)OCO5)c2cc1Cl)CCNCC3. The fraction of sp³-hybridized carbons (Fsp3) is 0.333. The van der Waals surface area contributed by atoms with Crippen LogP contribution in [0.3, 0.4) is 0 Å². The Labute approximate surface area is 173 Å². The van der Waals surface area contributed by atoms with Crippen molar-refractivity contribution in [3.05, 3.63) is 51.6 Å². The Morgan fingerprint density at radius 2 is 1.82 bits per heavy atom. The predicted molar refractivity (Wildman–Crippen MR) is 110 cm³/mol. The number of nitrogens with one attached hydrogen (secondary N) is 1. The van der Waals surface area contributed by atoms with E-state index in [4.69, 9.17) is 37.4 Å². The van der Waals surface area contributed by atoms with Gasteiger partial charge in [-0.05, 0) is 42.8 Å². The van der Waals surface area contributed by atoms with E-state index in [2.05, 4.69) is 9.88 Å². The van der Waals surface area contributed by atoms with Crippen molar-refractivity contribution in [2.24, 2.45) is 0 Å². The van der Waals surface area contributed by atoms with E-state index in [-0.39, 0.29) is 6.79 Å². The van der Waals surface area contributed by atoms with Gasteiger partial charge in [0.2, 0.25) is 6.79 Å². The van der Waals surface area contributed by atoms with Crippen LogP contribution in [0.25, 0.3) is 10.9 Å². The third-order valence-corrected chi connectivity index (χ3v) is 6.07. The molecule has 2 aliphatic heterocycles. The lowest BCUT2D eigenvalue weighted by Crippen LogP contribution is -2.18. The summed E-state index contributed by atoms with van der Waals surface area (Å²) in [7, 11) is 0. The van der Waals surface area contributed by atoms with Crippen molar-refractivity contribution >= 4 is 34.1 Å². The fourth-order valence-corrected chi connectivity index (χ4v) is 4.37. The van der Waals surface area contributed by atoms with Crippen LogP contribution in [0.5, 0.6) is 17.2 Å². The van der Waals surface area contributed by atoms with Crippen LogP contribution in [0.15, 0.2) is 30.3 Å². The van der Waals surface area contributed by atoms with E-state index in [1.54, 1.807) is 0 Å². The second kappa shape index (κ2) is 7.39. The maximum absolute atomic E-state index is 6.32. The van der Waals surface area contributed by atoms with Gasteiger partial charge in [-0.15, -0.1) is 0 Å². The molecule has 5 nitrogen and oxygen atoms in total. The second-order valence-corrected chi connectivity index (χ2v) is 7.79. The largest absolute Gasteiger partial charge is 0.492 e. The third kappa shape index (κ3) is 3.17. The number of halogens is 2. The predicted octanol–water partition coefficient (Wildman–Crippen LogP) is 4.44. The quantitative estimate of drug-likeness (QED) is 0.679. The lowest BCUT2D eigenvalue weighted by atomic mass is 10.1. The van der Waals surface area contributed by atoms with Crippen LogP contribution in [0, 0.1) is 0 Å². The smallest absolute Gasteiger partial charge is 0.231 e. The zero-order chi connectivity index (χ0) is 19.1. The summed E-state index contributed by atoms with van der Waals surface area (Å²) in [5, 5.41) is 5.85. The minimum atomic E-state index is 0.262. The topological polar surface area (TPSA) is 44.7 Å². The molecule has 0 spiro atoms. The van der Waals surface area contributed by atoms with Gasteiger partial charge in [0.25, 0.3) is 0 Å². The molecular formula is C21H20Cl2N2O3. The molecule has 1 N–H and O–H groups in total. The first kappa shape index (κ1) is 18.0. The lowest BCUT2D eigenvalue weighted by molar-refractivity contribution is 0.173. The Kier molecular flexibility index (Phi) is 4.75. The van der Waals surface area contributed by atoms with E-state index in [0.717, 1.165) is 55.2 Å². The zero-order valence-electron chi connectivity index (χ0n) is 15.3. The Morgan fingerprint density at radius 1 is 1.00 bits per heavy atom. The first-order chi connectivity index (χ1) is 13.7. The molecule has 5 rings (SSSR count). The van der Waals surface area contributed by atoms with Gasteiger partial charge < -0.3 is 24.1 Å². The first-order valence-electron chi connectivity index (χ1n) is 9.43. The van der Waals surface area contributed by atoms with E-state index in [0.29, 0.717) is 16.7 Å². The normalized spacial score (nSPS) is 15.5. The average Bonchev–Trinajstić information content (AvgIpc) is 3.16. The van der Waals surface area contributed by atoms with Gasteiger partial charge in [0.05, 0.1) is 22.1 Å². The van der Waals surface area contributed by atoms with E-state index in [1.807, 2.05) is 30.3 Å². The van der Waals surface area contributed by atoms with E-state index in [9.17, 15) is 0 Å². The van der Waals surface area contributed by atoms with Crippen LogP contribution in [-0.2, 0) is 19.4 Å². The lowest BCUT2D eigenvalue weighted by Gasteiger charge is -2.13. The summed E-state index contributed by atoms with van der Waals surface area (Å²) in [5.74, 6) is 2.26. The van der Waals surface area contributed by atoms with Gasteiger partial charge in [0.15, 0.2) is 11.5 Å². The van der Waals surface area contributed by atoms with Crippen molar-refractivity contribution in [2.75, 3.05) is 26.5 Å². The summed E-state index contributed by atoms with van der Waals surface area (Å²) in [5.41, 5.74) is 3.82. The van der Waals surface area contributed by atoms with E-state index < -0.39 is 0 Å². The highest BCUT2D eigenvalue weighted by atomic mass is 35.5. The minimum absolute atomic E-state index is 0.262. The molecule has 3 aromatic rings. The van der Waals surface area contributed by atoms with Gasteiger partial charge in [0.1, 0.15) is 12.4 Å². The molecule has 0 fully saturated rings. The van der Waals surface area contributed by atoms with E-state index >= 15 is 0 Å². The number of hydrogen-bond acceptors (Lipinski definition) is 4. The highest BCUT2D eigenvalue weighted by Crippen LogP contribution is 2.36. The number of ether oxygens (including phenoxy) is 3. The highest BCUT2D eigenvalue weighted by Gasteiger charge is 2.20. The van der Waals surface area contributed by atoms with Gasteiger partial charge in [-0.1, -0.05) is 23.2 Å². The van der Waals surface area contributed by atoms with Gasteiger partial charge in [-0.2, -0.15) is 0 Å². The van der Waals surface area contributed by atoms with Crippen LogP contribution in [0.4, 0.5) is 0 Å². The van der Waals surface area contributed by atoms with Gasteiger partial charge in [-0.25, -0.2) is 0 Å². The van der Waals surface area contributed by atoms with E-state index in [1.165, 1.54) is 16.6 Å². The fourth-order valence-electron chi connectivity index (χ4n) is 4.05. The van der Waals surface area contributed by atoms with Crippen molar-refractivity contribution in [1.29, 1.82) is 0 Å². The van der Waals surface area contributed by atoms with Crippen molar-refractivity contribution in [1.82, 2.24) is 9.88 Å². The van der Waals surface area contributed by atoms with Gasteiger partial charge in [0, 0.05) is 30.1 Å². The monoisotopic (exact) mass is 418 g/mol. The maximum Gasteiger partial charge on any atom is 0.231 e. The Bertz CT molecular complexity index is 1050. The number of benzene rings is 2. The van der Waals surface area contributed by atoms with Crippen LogP contribution in [0.2, 0.25) is 10.0 Å². The molecule has 0 amide bonds. The summed E-state index contributed by atoms with van der Waals surface area (Å²) in [6.07, 6.45) is 1.96. The van der Waals surface area contributed by atoms with Gasteiger partial charge >= 0.3 is 0 Å². The summed E-state index contributed by atoms with van der Waals surface area (Å²) in [6.45, 7) is 3.48. The first-order valence-corrected chi connectivity index (χ1v) is 10.2. The molecule has 0 bridgehead atoms. The van der Waals surface area contributed by atoms with Crippen LogP contribution < -0.4 is 19.5 Å². The molecule has 0 aliphatic carbocycles. The molecule has 0 saturated carbocycles. The van der Waals surface area contributed by atoms with Crippen molar-refractivity contribution in [2.45, 2.75) is 19.4 Å². The second-order valence-electron chi connectivity index (χ2n) is 6.97. The van der Waals surface area contributed by atoms with Crippen molar-refractivity contribution < 1.29 is 14.2 Å². The number of nitrogens with zero attached hydrogens (tertiary/aromatic N) is 1. The molecule has 146 valence electrons. The Morgan fingerprint density at radius 3 is 2.75 bits per heavy atom. The summed E-state index contributed by atoms with van der Waals surface area (Å²) in [4.78, 5) is 0. The minimum Gasteiger partial charge on any atom is -0.492 e. The number of fused-ring (bicyclic) bond motifs is 4. The maximum atomic E-state index is 6.32. The van der Waals surface area contributed by atoms with Crippen molar-refractivity contribution in [3.63, 3.8) is 0 Å². The molecule has 1 aromatic heterocycles. The summed E-state index contributed by atoms with van der Waals surface area (Å²) in [6, 6.07) is 9.63. The standard InChI is InChI=1S/C21H20Cl2N2O3/c22-16-10-15-14-3-5-24-6-4-18(14)25(19(15)11-17(16)23)7-8-26-13-1-2-20-21(9-13)28-12-27-20/h1-2,9-11,24H,3-8,12H2. The number of hydrogen-bond donors (Lipinski definition) is 1. The van der Waals surface area contributed by atoms with Crippen LogP contribution >= 0.6 is 23.2 Å². The highest BCUT2D eigenvalue weighted by molar-refractivity contribution is 6.42. The molecule has 0 unspecified atom stereocenters. The van der Waals surface area contributed by atoms with Crippen LogP contribution in [0.1, 0.15) is 11.3 Å². The summed E-state index contributed by atoms with van der Waals surface area (Å²) < 4.78 is 19.1. The molecule has 0 radical (unpaired) electrons. The molecule has 2 aliphatic rings. The molecule has 7 heteroatoms. The molecule has 28 heavy (non-hydrogen) atoms. The van der Waals surface area contributed by atoms with Gasteiger partial charge in [-0.3, -0.25) is 0 Å².